The molecule has 0 aliphatic carbocycles. The van der Waals surface area contributed by atoms with Crippen molar-refractivity contribution in [1.82, 2.24) is 0 Å². The van der Waals surface area contributed by atoms with Gasteiger partial charge in [-0.3, -0.25) is 9.59 Å². The van der Waals surface area contributed by atoms with Gasteiger partial charge in [-0.1, -0.05) is 6.92 Å². The van der Waals surface area contributed by atoms with Crippen LogP contribution in [0.2, 0.25) is 0 Å². The lowest BCUT2D eigenvalue weighted by Crippen LogP contribution is -2.67. The number of esters is 1. The lowest BCUT2D eigenvalue weighted by molar-refractivity contribution is -0.387. The molecular weight excluding hydrogens is 949 g/mol. The molecule has 4 fully saturated rings. The van der Waals surface area contributed by atoms with Gasteiger partial charge >= 0.3 is 5.97 Å². The van der Waals surface area contributed by atoms with E-state index in [9.17, 15) is 80.4 Å². The maximum Gasteiger partial charge on any atom is 0.306 e. The van der Waals surface area contributed by atoms with E-state index in [0.29, 0.717) is 6.61 Å². The van der Waals surface area contributed by atoms with Crippen LogP contribution in [0.5, 0.6) is 5.75 Å². The van der Waals surface area contributed by atoms with E-state index in [2.05, 4.69) is 11.2 Å². The lowest BCUT2D eigenvalue weighted by atomic mass is 9.95. The first-order chi connectivity index (χ1) is 33.5. The van der Waals surface area contributed by atoms with E-state index in [1.54, 1.807) is 0 Å². The highest BCUT2D eigenvalue weighted by molar-refractivity contribution is 5.95. The number of hydrogen-bond donors (Lipinski definition) is 14. The number of benzene rings is 1. The van der Waals surface area contributed by atoms with Crippen molar-refractivity contribution in [3.05, 3.63) is 23.8 Å². The average Bonchev–Trinajstić information content (AvgIpc) is 3.35. The van der Waals surface area contributed by atoms with Gasteiger partial charge in [0, 0.05) is 24.3 Å². The predicted octanol–water partition coefficient (Wildman–Crippen LogP) is -6.25. The van der Waals surface area contributed by atoms with Gasteiger partial charge in [-0.05, 0) is 24.6 Å². The largest absolute Gasteiger partial charge is 0.463 e. The van der Waals surface area contributed by atoms with Crippen molar-refractivity contribution < 1.29 is 128 Å². The lowest BCUT2D eigenvalue weighted by Gasteiger charge is -2.49. The molecule has 4 aliphatic rings. The molecule has 0 saturated carbocycles. The van der Waals surface area contributed by atoms with Gasteiger partial charge in [0.15, 0.2) is 18.9 Å². The van der Waals surface area contributed by atoms with Crippen LogP contribution in [-0.2, 0) is 58.9 Å². The minimum Gasteiger partial charge on any atom is -0.463 e. The van der Waals surface area contributed by atoms with Gasteiger partial charge in [-0.2, -0.15) is 0 Å². The van der Waals surface area contributed by atoms with Crippen LogP contribution < -0.4 is 10.1 Å². The Kier molecular flexibility index (Phi) is 22.2. The van der Waals surface area contributed by atoms with Gasteiger partial charge < -0.3 is 119 Å². The number of ether oxygens (including phenoxy) is 10. The number of aliphatic hydroxyl groups excluding tert-OH is 13. The monoisotopic (exact) mass is 1010 g/mol. The van der Waals surface area contributed by atoms with Crippen molar-refractivity contribution in [2.45, 2.75) is 156 Å². The Balaban J connectivity index is 1.19. The van der Waals surface area contributed by atoms with Crippen molar-refractivity contribution in [3.8, 4) is 18.1 Å². The summed E-state index contributed by atoms with van der Waals surface area (Å²) in [6.07, 6.45) is -31.2. The Morgan fingerprint density at radius 2 is 1.13 bits per heavy atom. The highest BCUT2D eigenvalue weighted by Gasteiger charge is 2.55. The van der Waals surface area contributed by atoms with E-state index in [1.807, 2.05) is 6.92 Å². The third-order valence-corrected chi connectivity index (χ3v) is 11.9. The van der Waals surface area contributed by atoms with E-state index in [-0.39, 0.29) is 43.1 Å². The van der Waals surface area contributed by atoms with Crippen molar-refractivity contribution in [1.29, 1.82) is 0 Å². The fourth-order valence-electron chi connectivity index (χ4n) is 8.00. The molecule has 4 saturated heterocycles. The zero-order valence-corrected chi connectivity index (χ0v) is 37.8. The van der Waals surface area contributed by atoms with E-state index in [4.69, 9.17) is 53.8 Å². The Labute approximate surface area is 399 Å². The SMILES string of the molecule is C#CCC(CC(=O)OCCOCCC)C(=O)Nc1ccc(O[C@@H]2OC(CO)[C@@H](O[C@H]3OC(CO)[C@@H](O[C@H]4OC(CO)[C@@H](O[C@H]5OC(CO)[C@@H](O)[C@H](O)C5O)[C@H](O)C4O)[C@H](O)C3O)[C@H](O)C2O)c(CF)c1. The number of terminal acetylenes is 1. The molecule has 5 rings (SSSR count). The molecule has 27 heteroatoms. The van der Waals surface area contributed by atoms with Crippen LogP contribution in [-0.4, -0.2) is 247 Å². The first kappa shape index (κ1) is 57.5. The molecule has 0 bridgehead atoms. The third kappa shape index (κ3) is 13.8. The van der Waals surface area contributed by atoms with Crippen LogP contribution in [0.3, 0.4) is 0 Å². The molecular formula is C43H64FNO25. The summed E-state index contributed by atoms with van der Waals surface area (Å²) in [5, 5.41) is 140. The second-order valence-corrected chi connectivity index (χ2v) is 16.8. The molecule has 0 spiro atoms. The average molecular weight is 1010 g/mol. The number of rotatable bonds is 23. The number of hydrogen-bond acceptors (Lipinski definition) is 25. The number of aliphatic hydroxyl groups is 13. The number of anilines is 1. The van der Waals surface area contributed by atoms with Crippen LogP contribution in [0.1, 0.15) is 31.7 Å². The summed E-state index contributed by atoms with van der Waals surface area (Å²) in [6, 6.07) is 3.71. The molecule has 1 amide bonds. The van der Waals surface area contributed by atoms with Crippen LogP contribution in [0.15, 0.2) is 18.2 Å². The van der Waals surface area contributed by atoms with Gasteiger partial charge in [-0.25, -0.2) is 4.39 Å². The van der Waals surface area contributed by atoms with E-state index in [1.165, 1.54) is 18.2 Å². The van der Waals surface area contributed by atoms with Crippen molar-refractivity contribution in [2.24, 2.45) is 5.92 Å². The second kappa shape index (κ2) is 27.1. The summed E-state index contributed by atoms with van der Waals surface area (Å²) >= 11 is 0. The Morgan fingerprint density at radius 3 is 1.60 bits per heavy atom. The van der Waals surface area contributed by atoms with Gasteiger partial charge in [0.2, 0.25) is 12.2 Å². The van der Waals surface area contributed by atoms with Gasteiger partial charge in [0.05, 0.1) is 45.4 Å². The number of carbonyl (C=O) groups excluding carboxylic acids is 2. The predicted molar refractivity (Wildman–Crippen MR) is 226 cm³/mol. The molecule has 21 atom stereocenters. The number of alkyl halides is 1. The molecule has 1 aromatic carbocycles. The van der Waals surface area contributed by atoms with Crippen LogP contribution in [0.25, 0.3) is 0 Å². The van der Waals surface area contributed by atoms with Crippen molar-refractivity contribution in [2.75, 3.05) is 51.6 Å². The molecule has 0 aromatic heterocycles. The summed E-state index contributed by atoms with van der Waals surface area (Å²) < 4.78 is 69.6. The molecule has 1 aromatic rings. The Hall–Kier alpha value is -3.39. The van der Waals surface area contributed by atoms with Crippen LogP contribution in [0, 0.1) is 18.3 Å². The topological polar surface area (TPSA) is 401 Å². The maximum absolute atomic E-state index is 14.4. The third-order valence-electron chi connectivity index (χ3n) is 11.9. The molecule has 0 radical (unpaired) electrons. The molecule has 14 N–H and O–H groups in total. The molecule has 9 unspecified atom stereocenters. The highest BCUT2D eigenvalue weighted by Crippen LogP contribution is 2.35. The summed E-state index contributed by atoms with van der Waals surface area (Å²) in [5.74, 6) is -0.244. The molecule has 26 nitrogen and oxygen atoms in total. The minimum atomic E-state index is -2.12. The fraction of sp³-hybridized carbons (Fsp3) is 0.767. The zero-order chi connectivity index (χ0) is 51.4. The quantitative estimate of drug-likeness (QED) is 0.0275. The first-order valence-corrected chi connectivity index (χ1v) is 22.4. The summed E-state index contributed by atoms with van der Waals surface area (Å²) in [4.78, 5) is 25.4. The maximum atomic E-state index is 14.4. The van der Waals surface area contributed by atoms with Gasteiger partial charge in [-0.15, -0.1) is 12.3 Å². The van der Waals surface area contributed by atoms with Gasteiger partial charge in [0.25, 0.3) is 0 Å². The summed E-state index contributed by atoms with van der Waals surface area (Å²) in [6.45, 7) is -2.28. The first-order valence-electron chi connectivity index (χ1n) is 22.4. The van der Waals surface area contributed by atoms with E-state index >= 15 is 0 Å². The number of carbonyl (C=O) groups is 2. The fourth-order valence-corrected chi connectivity index (χ4v) is 8.00. The number of halogens is 1. The van der Waals surface area contributed by atoms with Crippen molar-refractivity contribution >= 4 is 17.6 Å². The standard InChI is InChI=1S/C43H64FNO25/c1-3-5-18(12-26(50)62-10-9-61-8-4-2)39(60)45-20-6-7-21(19(11-20)13-44)63-40-33(57)29(53)36(23(15-47)65-40)69-42-35(59)31(55)38(25(17-49)67-42)70-43-34(58)30(54)37(24(16-48)66-43)68-41-32(56)28(52)27(51)22(14-46)64-41/h1,6-7,11,18,22-25,27-38,40-43,46-49,51-59H,4-5,8-10,12-17H2,2H3,(H,45,60)/t18?,22?,23?,24?,25?,27-,28+,29-,30-,31-,32?,33?,34?,35?,36-,37-,38-,40-,41-,42-,43-/m1/s1. The van der Waals surface area contributed by atoms with Crippen LogP contribution >= 0.6 is 0 Å². The zero-order valence-electron chi connectivity index (χ0n) is 37.8. The van der Waals surface area contributed by atoms with Gasteiger partial charge in [0.1, 0.15) is 117 Å². The highest BCUT2D eigenvalue weighted by atomic mass is 19.1. The molecule has 398 valence electrons. The minimum absolute atomic E-state index is 0.0198. The van der Waals surface area contributed by atoms with E-state index in [0.717, 1.165) is 6.42 Å². The molecule has 70 heavy (non-hydrogen) atoms. The van der Waals surface area contributed by atoms with E-state index < -0.39 is 174 Å². The summed E-state index contributed by atoms with van der Waals surface area (Å²) in [7, 11) is 0. The van der Waals surface area contributed by atoms with Crippen LogP contribution in [0.4, 0.5) is 10.1 Å². The number of amides is 1. The second-order valence-electron chi connectivity index (χ2n) is 16.8. The molecule has 4 heterocycles. The molecule has 4 aliphatic heterocycles. The van der Waals surface area contributed by atoms with Crippen molar-refractivity contribution in [3.63, 3.8) is 0 Å². The Morgan fingerprint density at radius 1 is 0.657 bits per heavy atom. The normalized spacial score (nSPS) is 38.3. The Bertz CT molecular complexity index is 1820. The smallest absolute Gasteiger partial charge is 0.306 e. The summed E-state index contributed by atoms with van der Waals surface area (Å²) in [5.41, 5.74) is -0.0969. The number of nitrogens with one attached hydrogen (secondary N) is 1.